The molecule has 0 radical (unpaired) electrons. The average Bonchev–Trinajstić information content (AvgIpc) is 3.65. The molecule has 1 saturated heterocycles. The summed E-state index contributed by atoms with van der Waals surface area (Å²) in [5.74, 6) is -0.909. The number of benzene rings is 1. The maximum atomic E-state index is 14.6. The van der Waals surface area contributed by atoms with Crippen LogP contribution in [0, 0.1) is 34.5 Å². The van der Waals surface area contributed by atoms with Crippen LogP contribution in [0.3, 0.4) is 0 Å². The highest BCUT2D eigenvalue weighted by Crippen LogP contribution is 2.69. The molecule has 12 nitrogen and oxygen atoms in total. The van der Waals surface area contributed by atoms with Gasteiger partial charge in [0.05, 0.1) is 12.2 Å². The van der Waals surface area contributed by atoms with Gasteiger partial charge in [0.25, 0.3) is 0 Å². The third-order valence-electron chi connectivity index (χ3n) is 13.7. The van der Waals surface area contributed by atoms with Crippen molar-refractivity contribution in [2.75, 3.05) is 11.9 Å². The van der Waals surface area contributed by atoms with Gasteiger partial charge in [0, 0.05) is 28.9 Å². The van der Waals surface area contributed by atoms with Crippen molar-refractivity contribution in [1.82, 2.24) is 10.6 Å². The highest BCUT2D eigenvalue weighted by atomic mass is 16.7. The van der Waals surface area contributed by atoms with E-state index >= 15 is 0 Å². The van der Waals surface area contributed by atoms with Gasteiger partial charge in [0.2, 0.25) is 23.5 Å². The van der Waals surface area contributed by atoms with Crippen LogP contribution in [0.25, 0.3) is 0 Å². The number of aliphatic hydroxyl groups is 1. The molecule has 1 aromatic carbocycles. The Hall–Kier alpha value is -3.87. The molecule has 6 rings (SSSR count). The number of anilines is 1. The molecule has 1 heterocycles. The second-order valence-corrected chi connectivity index (χ2v) is 17.8. The Morgan fingerprint density at radius 3 is 2.42 bits per heavy atom. The van der Waals surface area contributed by atoms with E-state index in [4.69, 9.17) is 14.2 Å². The first-order valence-electron chi connectivity index (χ1n) is 21.2. The number of allylic oxidation sites excluding steroid dienone is 4. The Bertz CT molecular complexity index is 1760. The topological polar surface area (TPSA) is 169 Å². The van der Waals surface area contributed by atoms with Crippen molar-refractivity contribution in [3.8, 4) is 5.75 Å². The number of ketones is 2. The van der Waals surface area contributed by atoms with Gasteiger partial charge in [-0.1, -0.05) is 72.5 Å². The number of fused-ring (bicyclic) bond motifs is 7. The van der Waals surface area contributed by atoms with Gasteiger partial charge in [-0.15, -0.1) is 0 Å². The first-order valence-corrected chi connectivity index (χ1v) is 21.2. The molecule has 0 aromatic heterocycles. The highest BCUT2D eigenvalue weighted by Gasteiger charge is 2.75. The molecule has 5 aliphatic rings. The molecule has 1 aromatic rings. The second-order valence-electron chi connectivity index (χ2n) is 17.8. The Morgan fingerprint density at radius 1 is 1.00 bits per heavy atom. The molecule has 0 unspecified atom stereocenters. The summed E-state index contributed by atoms with van der Waals surface area (Å²) in [7, 11) is 0. The zero-order valence-electron chi connectivity index (χ0n) is 34.7. The number of nitrogens with one attached hydrogen (secondary N) is 3. The van der Waals surface area contributed by atoms with E-state index in [9.17, 15) is 29.1 Å². The van der Waals surface area contributed by atoms with Crippen LogP contribution in [0.5, 0.6) is 5.75 Å². The average molecular weight is 790 g/mol. The molecule has 11 atom stereocenters. The molecule has 312 valence electrons. The summed E-state index contributed by atoms with van der Waals surface area (Å²) in [6.45, 7) is 13.4. The maximum absolute atomic E-state index is 14.6. The van der Waals surface area contributed by atoms with E-state index in [1.807, 2.05) is 19.9 Å². The largest absolute Gasteiger partial charge is 0.486 e. The van der Waals surface area contributed by atoms with Crippen LogP contribution in [-0.4, -0.2) is 77.2 Å². The predicted molar refractivity (Wildman–Crippen MR) is 215 cm³/mol. The number of Topliss-reactive ketones (excluding diaryl/α,β-unsaturated/α-hetero) is 1. The van der Waals surface area contributed by atoms with Crippen LogP contribution in [-0.2, 0) is 33.4 Å². The number of hydrogen-bond acceptors (Lipinski definition) is 9. The molecule has 0 bridgehead atoms. The fourth-order valence-electron chi connectivity index (χ4n) is 10.8. The summed E-state index contributed by atoms with van der Waals surface area (Å²) < 4.78 is 19.4. The van der Waals surface area contributed by atoms with Crippen LogP contribution in [0.4, 0.5) is 5.69 Å². The van der Waals surface area contributed by atoms with Crippen LogP contribution >= 0.6 is 0 Å². The summed E-state index contributed by atoms with van der Waals surface area (Å²) >= 11 is 0. The van der Waals surface area contributed by atoms with Crippen LogP contribution < -0.4 is 20.7 Å². The molecule has 3 saturated carbocycles. The number of ether oxygens (including phenoxy) is 3. The second kappa shape index (κ2) is 17.2. The van der Waals surface area contributed by atoms with E-state index < -0.39 is 58.8 Å². The predicted octanol–water partition coefficient (Wildman–Crippen LogP) is 5.97. The minimum absolute atomic E-state index is 0.00802. The lowest BCUT2D eigenvalue weighted by Gasteiger charge is -2.59. The standard InChI is InChI=1S/C45H63N3O9/c1-8-10-11-13-37(52)48-40(26(3)4)42(54)46-27(5)41(53)47-29-15-17-31(18-16-29)55-25-35(51)45-36(56-38(57-45)12-9-2)23-33-32-19-14-28-22-30(49)20-21-43(28,6)39(32)34(50)24-44(33,45)7/h15-18,20-22,26-27,32-34,36,38-40,50H,8-14,19,23-25H2,1-7H3,(H,46,54)(H,47,53)(H,48,52)/t27-,32-,33-,34-,36+,38+,39+,40-,43-,44-,45+/m0/s1. The van der Waals surface area contributed by atoms with E-state index in [1.165, 1.54) is 0 Å². The molecule has 0 spiro atoms. The van der Waals surface area contributed by atoms with Gasteiger partial charge in [-0.3, -0.25) is 24.0 Å². The van der Waals surface area contributed by atoms with Crippen molar-refractivity contribution in [1.29, 1.82) is 0 Å². The lowest BCUT2D eigenvalue weighted by atomic mass is 9.46. The Morgan fingerprint density at radius 2 is 1.74 bits per heavy atom. The van der Waals surface area contributed by atoms with E-state index in [2.05, 4.69) is 43.6 Å². The van der Waals surface area contributed by atoms with Gasteiger partial charge in [0.1, 0.15) is 24.4 Å². The van der Waals surface area contributed by atoms with Crippen molar-refractivity contribution in [3.63, 3.8) is 0 Å². The molecule has 4 aliphatic carbocycles. The van der Waals surface area contributed by atoms with E-state index in [0.717, 1.165) is 44.1 Å². The zero-order chi connectivity index (χ0) is 41.3. The molecule has 1 aliphatic heterocycles. The highest BCUT2D eigenvalue weighted by molar-refractivity contribution is 6.01. The third kappa shape index (κ3) is 8.11. The lowest BCUT2D eigenvalue weighted by Crippen LogP contribution is -2.63. The number of hydrogen-bond donors (Lipinski definition) is 4. The Balaban J connectivity index is 1.09. The Kier molecular flexibility index (Phi) is 12.9. The number of amides is 3. The molecular formula is C45H63N3O9. The van der Waals surface area contributed by atoms with Gasteiger partial charge in [-0.2, -0.15) is 0 Å². The summed E-state index contributed by atoms with van der Waals surface area (Å²) in [5.41, 5.74) is -0.870. The van der Waals surface area contributed by atoms with Crippen molar-refractivity contribution in [3.05, 3.63) is 48.1 Å². The first kappa shape index (κ1) is 42.7. The van der Waals surface area contributed by atoms with Crippen molar-refractivity contribution >= 4 is 35.0 Å². The van der Waals surface area contributed by atoms with E-state index in [-0.39, 0.29) is 47.8 Å². The number of carbonyl (C=O) groups is 5. The zero-order valence-corrected chi connectivity index (χ0v) is 34.7. The monoisotopic (exact) mass is 789 g/mol. The quantitative estimate of drug-likeness (QED) is 0.148. The number of carbonyl (C=O) groups excluding carboxylic acids is 5. The summed E-state index contributed by atoms with van der Waals surface area (Å²) in [4.78, 5) is 65.5. The van der Waals surface area contributed by atoms with Crippen molar-refractivity contribution in [2.24, 2.45) is 34.5 Å². The van der Waals surface area contributed by atoms with E-state index in [0.29, 0.717) is 37.1 Å². The van der Waals surface area contributed by atoms with Gasteiger partial charge in [-0.05, 0) is 99.6 Å². The van der Waals surface area contributed by atoms with Crippen LogP contribution in [0.1, 0.15) is 113 Å². The number of rotatable bonds is 16. The molecule has 12 heteroatoms. The molecule has 4 fully saturated rings. The van der Waals surface area contributed by atoms with Gasteiger partial charge >= 0.3 is 0 Å². The first-order chi connectivity index (χ1) is 27.1. The molecule has 57 heavy (non-hydrogen) atoms. The maximum Gasteiger partial charge on any atom is 0.246 e. The minimum Gasteiger partial charge on any atom is -0.486 e. The third-order valence-corrected chi connectivity index (χ3v) is 13.7. The molecule has 3 amide bonds. The summed E-state index contributed by atoms with van der Waals surface area (Å²) in [6.07, 6.45) is 10.8. The normalized spacial score (nSPS) is 33.6. The number of unbranched alkanes of at least 4 members (excludes halogenated alkanes) is 2. The van der Waals surface area contributed by atoms with E-state index in [1.54, 1.807) is 43.3 Å². The number of aliphatic hydroxyl groups excluding tert-OH is 1. The van der Waals surface area contributed by atoms with Gasteiger partial charge < -0.3 is 35.3 Å². The fourth-order valence-corrected chi connectivity index (χ4v) is 10.8. The minimum atomic E-state index is -1.29. The smallest absolute Gasteiger partial charge is 0.246 e. The Labute approximate surface area is 337 Å². The fraction of sp³-hybridized carbons (Fsp3) is 0.667. The van der Waals surface area contributed by atoms with Crippen LogP contribution in [0.2, 0.25) is 0 Å². The molecular weight excluding hydrogens is 727 g/mol. The van der Waals surface area contributed by atoms with Crippen molar-refractivity contribution in [2.45, 2.75) is 149 Å². The lowest BCUT2D eigenvalue weighted by molar-refractivity contribution is -0.200. The summed E-state index contributed by atoms with van der Waals surface area (Å²) in [6, 6.07) is 5.03. The van der Waals surface area contributed by atoms with Crippen LogP contribution in [0.15, 0.2) is 48.1 Å². The van der Waals surface area contributed by atoms with Gasteiger partial charge in [-0.25, -0.2) is 0 Å². The SMILES string of the molecule is CCCCCC(=O)N[C@H](C(=O)N[C@@H](C)C(=O)Nc1ccc(OCC(=O)[C@@]23O[C@H](CCC)O[C@@H]2C[C@H]2[C@@H]4CCC5=CC(=O)C=C[C@]5(C)[C@H]4[C@@H](O)C[C@@]23C)cc1)C(C)C. The van der Waals surface area contributed by atoms with Gasteiger partial charge in [0.15, 0.2) is 17.7 Å². The van der Waals surface area contributed by atoms with Crippen molar-refractivity contribution < 1.29 is 43.3 Å². The molecule has 4 N–H and O–H groups in total. The summed E-state index contributed by atoms with van der Waals surface area (Å²) in [5, 5.41) is 20.4.